The fourth-order valence-electron chi connectivity index (χ4n) is 3.05. The molecule has 1 saturated carbocycles. The Morgan fingerprint density at radius 1 is 1.19 bits per heavy atom. The zero-order chi connectivity index (χ0) is 18.9. The molecule has 0 unspecified atom stereocenters. The number of nitrogens with one attached hydrogen (secondary N) is 1. The smallest absolute Gasteiger partial charge is 0.254 e. The first-order chi connectivity index (χ1) is 13.0. The number of piperidine rings is 1. The number of aromatic nitrogens is 1. The first kappa shape index (κ1) is 18.2. The molecule has 2 aliphatic rings. The highest BCUT2D eigenvalue weighted by Gasteiger charge is 2.35. The predicted octanol–water partition coefficient (Wildman–Crippen LogP) is 2.73. The van der Waals surface area contributed by atoms with Crippen LogP contribution in [0.2, 0.25) is 0 Å². The average Bonchev–Trinajstić information content (AvgIpc) is 3.40. The van der Waals surface area contributed by atoms with Crippen molar-refractivity contribution < 1.29 is 17.9 Å². The molecule has 0 bridgehead atoms. The van der Waals surface area contributed by atoms with Crippen LogP contribution in [0.5, 0.6) is 5.88 Å². The van der Waals surface area contributed by atoms with Crippen molar-refractivity contribution in [2.24, 2.45) is 0 Å². The van der Waals surface area contributed by atoms with Crippen LogP contribution in [-0.4, -0.2) is 48.7 Å². The summed E-state index contributed by atoms with van der Waals surface area (Å²) < 4.78 is 32.3. The van der Waals surface area contributed by atoms with Crippen molar-refractivity contribution in [3.05, 3.63) is 40.7 Å². The number of sulfonamides is 1. The Kier molecular flexibility index (Phi) is 5.05. The maximum absolute atomic E-state index is 12.4. The van der Waals surface area contributed by atoms with Gasteiger partial charge in [-0.25, -0.2) is 13.4 Å². The van der Waals surface area contributed by atoms with Gasteiger partial charge in [-0.15, -0.1) is 0 Å². The molecule has 1 aliphatic heterocycles. The first-order valence-electron chi connectivity index (χ1n) is 8.97. The minimum Gasteiger partial charge on any atom is -0.474 e. The molecule has 144 valence electrons. The van der Waals surface area contributed by atoms with E-state index in [1.54, 1.807) is 12.1 Å². The number of carbonyl (C=O) groups is 1. The molecule has 1 N–H and O–H groups in total. The normalized spacial score (nSPS) is 18.3. The second-order valence-electron chi connectivity index (χ2n) is 6.85. The Labute approximate surface area is 162 Å². The van der Waals surface area contributed by atoms with Gasteiger partial charge in [0.05, 0.1) is 22.7 Å². The van der Waals surface area contributed by atoms with E-state index in [9.17, 15) is 13.2 Å². The number of hydrogen-bond donors (Lipinski definition) is 1. The van der Waals surface area contributed by atoms with Gasteiger partial charge in [0.1, 0.15) is 6.10 Å². The van der Waals surface area contributed by atoms with E-state index in [1.165, 1.54) is 17.5 Å². The number of thiophene rings is 1. The van der Waals surface area contributed by atoms with Crippen molar-refractivity contribution in [2.45, 2.75) is 37.0 Å². The number of hydrogen-bond acceptors (Lipinski definition) is 6. The Balaban J connectivity index is 1.28. The molecule has 0 radical (unpaired) electrons. The lowest BCUT2D eigenvalue weighted by atomic mass is 10.1. The fourth-order valence-corrected chi connectivity index (χ4v) is 5.05. The molecule has 7 nitrogen and oxygen atoms in total. The van der Waals surface area contributed by atoms with E-state index in [2.05, 4.69) is 9.71 Å². The van der Waals surface area contributed by atoms with Crippen LogP contribution in [0.4, 0.5) is 5.69 Å². The van der Waals surface area contributed by atoms with E-state index >= 15 is 0 Å². The van der Waals surface area contributed by atoms with E-state index in [1.807, 2.05) is 21.7 Å². The number of pyridine rings is 1. The molecule has 1 aliphatic carbocycles. The molecule has 2 aromatic rings. The van der Waals surface area contributed by atoms with Crippen LogP contribution in [0.15, 0.2) is 35.2 Å². The van der Waals surface area contributed by atoms with Crippen LogP contribution >= 0.6 is 11.3 Å². The number of anilines is 1. The summed E-state index contributed by atoms with van der Waals surface area (Å²) in [5.41, 5.74) is 1.19. The third-order valence-corrected chi connectivity index (χ3v) is 7.30. The predicted molar refractivity (Wildman–Crippen MR) is 104 cm³/mol. The van der Waals surface area contributed by atoms with Gasteiger partial charge in [0.2, 0.25) is 15.9 Å². The molecule has 4 rings (SSSR count). The van der Waals surface area contributed by atoms with Crippen molar-refractivity contribution >= 4 is 33.0 Å². The topological polar surface area (TPSA) is 88.6 Å². The van der Waals surface area contributed by atoms with E-state index < -0.39 is 10.0 Å². The van der Waals surface area contributed by atoms with Gasteiger partial charge in [0.15, 0.2) is 0 Å². The highest BCUT2D eigenvalue weighted by atomic mass is 32.2. The molecule has 9 heteroatoms. The molecular formula is C18H21N3O4S2. The fraction of sp³-hybridized carbons (Fsp3) is 0.444. The molecule has 0 aromatic carbocycles. The van der Waals surface area contributed by atoms with Crippen molar-refractivity contribution in [2.75, 3.05) is 17.8 Å². The molecule has 3 heterocycles. The van der Waals surface area contributed by atoms with Gasteiger partial charge in [-0.3, -0.25) is 9.52 Å². The molecule has 0 spiro atoms. The summed E-state index contributed by atoms with van der Waals surface area (Å²) >= 11 is 1.52. The molecule has 0 atom stereocenters. The van der Waals surface area contributed by atoms with E-state index in [0.29, 0.717) is 24.7 Å². The van der Waals surface area contributed by atoms with Crippen LogP contribution in [0.1, 0.15) is 36.0 Å². The second kappa shape index (κ2) is 7.47. The molecule has 1 amide bonds. The second-order valence-corrected chi connectivity index (χ2v) is 9.59. The Morgan fingerprint density at radius 2 is 1.96 bits per heavy atom. The largest absolute Gasteiger partial charge is 0.474 e. The third-order valence-electron chi connectivity index (χ3n) is 4.74. The molecule has 1 saturated heterocycles. The number of amides is 1. The lowest BCUT2D eigenvalue weighted by Gasteiger charge is -2.31. The third kappa shape index (κ3) is 4.41. The zero-order valence-corrected chi connectivity index (χ0v) is 16.3. The molecule has 2 fully saturated rings. The zero-order valence-electron chi connectivity index (χ0n) is 14.7. The summed E-state index contributed by atoms with van der Waals surface area (Å²) in [6, 6.07) is 5.18. The van der Waals surface area contributed by atoms with Crippen LogP contribution in [-0.2, 0) is 10.0 Å². The number of nitrogens with zero attached hydrogens (tertiary/aromatic N) is 2. The van der Waals surface area contributed by atoms with Crippen molar-refractivity contribution in [1.82, 2.24) is 9.88 Å². The SMILES string of the molecule is O=C(c1ccsc1)N1CCC(Oc2ccc(NS(=O)(=O)C3CC3)cn2)CC1. The Hall–Kier alpha value is -2.13. The first-order valence-corrected chi connectivity index (χ1v) is 11.5. The standard InChI is InChI=1S/C18H21N3O4S2/c22-18(13-7-10-26-12-13)21-8-5-15(6-9-21)25-17-4-1-14(11-19-17)20-27(23,24)16-2-3-16/h1,4,7,10-12,15-16,20H,2-3,5-6,8-9H2. The number of carbonyl (C=O) groups excluding carboxylic acids is 1. The van der Waals surface area contributed by atoms with Gasteiger partial charge >= 0.3 is 0 Å². The number of rotatable bonds is 6. The minimum atomic E-state index is -3.28. The van der Waals surface area contributed by atoms with Crippen LogP contribution in [0, 0.1) is 0 Å². The van der Waals surface area contributed by atoms with E-state index in [0.717, 1.165) is 31.2 Å². The molecule has 27 heavy (non-hydrogen) atoms. The quantitative estimate of drug-likeness (QED) is 0.795. The summed E-state index contributed by atoms with van der Waals surface area (Å²) in [7, 11) is -3.28. The molecule has 2 aromatic heterocycles. The van der Waals surface area contributed by atoms with Crippen molar-refractivity contribution in [3.8, 4) is 5.88 Å². The van der Waals surface area contributed by atoms with Gasteiger partial charge in [-0.05, 0) is 30.4 Å². The van der Waals surface area contributed by atoms with Gasteiger partial charge in [-0.2, -0.15) is 11.3 Å². The highest BCUT2D eigenvalue weighted by Crippen LogP contribution is 2.30. The van der Waals surface area contributed by atoms with Gasteiger partial charge in [0, 0.05) is 37.4 Å². The summed E-state index contributed by atoms with van der Waals surface area (Å²) in [6.45, 7) is 1.30. The monoisotopic (exact) mass is 407 g/mol. The van der Waals surface area contributed by atoms with Gasteiger partial charge < -0.3 is 9.64 Å². The van der Waals surface area contributed by atoms with Crippen molar-refractivity contribution in [3.63, 3.8) is 0 Å². The van der Waals surface area contributed by atoms with Gasteiger partial charge in [0.25, 0.3) is 5.91 Å². The Bertz CT molecular complexity index is 885. The summed E-state index contributed by atoms with van der Waals surface area (Å²) in [4.78, 5) is 18.4. The molecular weight excluding hydrogens is 386 g/mol. The Morgan fingerprint density at radius 3 is 2.56 bits per heavy atom. The van der Waals surface area contributed by atoms with Crippen LogP contribution in [0.3, 0.4) is 0 Å². The van der Waals surface area contributed by atoms with E-state index in [4.69, 9.17) is 4.74 Å². The summed E-state index contributed by atoms with van der Waals surface area (Å²) in [5.74, 6) is 0.534. The minimum absolute atomic E-state index is 0.00182. The number of likely N-dealkylation sites (tertiary alicyclic amines) is 1. The number of ether oxygens (including phenoxy) is 1. The van der Waals surface area contributed by atoms with Crippen LogP contribution in [0.25, 0.3) is 0 Å². The lowest BCUT2D eigenvalue weighted by molar-refractivity contribution is 0.0588. The van der Waals surface area contributed by atoms with Crippen LogP contribution < -0.4 is 9.46 Å². The maximum Gasteiger partial charge on any atom is 0.254 e. The summed E-state index contributed by atoms with van der Waals surface area (Å²) in [5, 5.41) is 3.51. The summed E-state index contributed by atoms with van der Waals surface area (Å²) in [6.07, 6.45) is 4.40. The van der Waals surface area contributed by atoms with E-state index in [-0.39, 0.29) is 17.3 Å². The average molecular weight is 408 g/mol. The maximum atomic E-state index is 12.4. The highest BCUT2D eigenvalue weighted by molar-refractivity contribution is 7.93. The lowest BCUT2D eigenvalue weighted by Crippen LogP contribution is -2.41. The van der Waals surface area contributed by atoms with Gasteiger partial charge in [-0.1, -0.05) is 0 Å². The van der Waals surface area contributed by atoms with Crippen molar-refractivity contribution in [1.29, 1.82) is 0 Å².